The molecule has 3 heterocycles. The van der Waals surface area contributed by atoms with Gasteiger partial charge in [-0.05, 0) is 37.5 Å². The Kier molecular flexibility index (Phi) is 3.42. The fourth-order valence-corrected chi connectivity index (χ4v) is 2.95. The van der Waals surface area contributed by atoms with E-state index < -0.39 is 0 Å². The van der Waals surface area contributed by atoms with E-state index in [-0.39, 0.29) is 0 Å². The molecular weight excluding hydrogens is 248 g/mol. The molecule has 2 N–H and O–H groups in total. The lowest BCUT2D eigenvalue weighted by molar-refractivity contribution is 0.423. The highest BCUT2D eigenvalue weighted by atomic mass is 15.3. The predicted octanol–water partition coefficient (Wildman–Crippen LogP) is 2.87. The number of aromatic amines is 1. The SMILES string of the molecule is CC1CN(c2ccc3[nH]cc(C(C)C)c3n2)C(C)CN1. The number of aromatic nitrogens is 2. The minimum absolute atomic E-state index is 0.484. The number of fused-ring (bicyclic) bond motifs is 1. The minimum Gasteiger partial charge on any atom is -0.360 e. The lowest BCUT2D eigenvalue weighted by Gasteiger charge is -2.38. The Labute approximate surface area is 120 Å². The van der Waals surface area contributed by atoms with Crippen LogP contribution in [-0.4, -0.2) is 35.1 Å². The van der Waals surface area contributed by atoms with Gasteiger partial charge in [-0.1, -0.05) is 13.8 Å². The number of H-pyrrole nitrogens is 1. The average Bonchev–Trinajstić information content (AvgIpc) is 2.84. The normalized spacial score (nSPS) is 23.8. The van der Waals surface area contributed by atoms with Gasteiger partial charge < -0.3 is 15.2 Å². The molecule has 2 aromatic rings. The third kappa shape index (κ3) is 2.29. The van der Waals surface area contributed by atoms with Crippen LogP contribution in [0.2, 0.25) is 0 Å². The molecule has 0 bridgehead atoms. The molecular formula is C16H24N4. The van der Waals surface area contributed by atoms with Crippen LogP contribution in [0.5, 0.6) is 0 Å². The van der Waals surface area contributed by atoms with Gasteiger partial charge in [0, 0.05) is 31.4 Å². The number of rotatable bonds is 2. The molecule has 1 saturated heterocycles. The van der Waals surface area contributed by atoms with Crippen LogP contribution in [0.4, 0.5) is 5.82 Å². The molecule has 0 saturated carbocycles. The van der Waals surface area contributed by atoms with Gasteiger partial charge >= 0.3 is 0 Å². The van der Waals surface area contributed by atoms with E-state index >= 15 is 0 Å². The molecule has 3 rings (SSSR count). The van der Waals surface area contributed by atoms with Crippen LogP contribution in [-0.2, 0) is 0 Å². The number of pyridine rings is 1. The molecule has 0 amide bonds. The van der Waals surface area contributed by atoms with Gasteiger partial charge in [-0.3, -0.25) is 0 Å². The van der Waals surface area contributed by atoms with Crippen molar-refractivity contribution in [2.24, 2.45) is 0 Å². The first-order valence-electron chi connectivity index (χ1n) is 7.54. The van der Waals surface area contributed by atoms with E-state index in [1.807, 2.05) is 0 Å². The third-order valence-electron chi connectivity index (χ3n) is 4.22. The van der Waals surface area contributed by atoms with Crippen molar-refractivity contribution in [2.45, 2.75) is 45.7 Å². The smallest absolute Gasteiger partial charge is 0.129 e. The number of hydrogen-bond donors (Lipinski definition) is 2. The zero-order valence-corrected chi connectivity index (χ0v) is 12.8. The molecule has 1 aliphatic heterocycles. The van der Waals surface area contributed by atoms with Gasteiger partial charge in [0.1, 0.15) is 5.82 Å². The van der Waals surface area contributed by atoms with E-state index in [4.69, 9.17) is 4.98 Å². The maximum atomic E-state index is 4.93. The summed E-state index contributed by atoms with van der Waals surface area (Å²) in [5.74, 6) is 1.59. The highest BCUT2D eigenvalue weighted by Crippen LogP contribution is 2.27. The van der Waals surface area contributed by atoms with Gasteiger partial charge in [0.2, 0.25) is 0 Å². The predicted molar refractivity (Wildman–Crippen MR) is 84.5 cm³/mol. The molecule has 2 atom stereocenters. The maximum absolute atomic E-state index is 4.93. The van der Waals surface area contributed by atoms with Crippen molar-refractivity contribution >= 4 is 16.9 Å². The summed E-state index contributed by atoms with van der Waals surface area (Å²) in [7, 11) is 0. The lowest BCUT2D eigenvalue weighted by Crippen LogP contribution is -2.54. The number of piperazine rings is 1. The molecule has 1 aliphatic rings. The number of hydrogen-bond acceptors (Lipinski definition) is 3. The lowest BCUT2D eigenvalue weighted by atomic mass is 10.1. The topological polar surface area (TPSA) is 44.0 Å². The van der Waals surface area contributed by atoms with E-state index in [2.05, 4.69) is 61.2 Å². The van der Waals surface area contributed by atoms with Crippen molar-refractivity contribution in [1.82, 2.24) is 15.3 Å². The molecule has 2 aromatic heterocycles. The molecule has 0 aliphatic carbocycles. The summed E-state index contributed by atoms with van der Waals surface area (Å²) in [6.45, 7) is 10.9. The Balaban J connectivity index is 2.01. The number of anilines is 1. The number of nitrogens with zero attached hydrogens (tertiary/aromatic N) is 2. The Morgan fingerprint density at radius 1 is 1.30 bits per heavy atom. The molecule has 1 fully saturated rings. The molecule has 0 spiro atoms. The maximum Gasteiger partial charge on any atom is 0.129 e. The van der Waals surface area contributed by atoms with Crippen molar-refractivity contribution in [3.05, 3.63) is 23.9 Å². The summed E-state index contributed by atoms with van der Waals surface area (Å²) in [4.78, 5) is 10.7. The van der Waals surface area contributed by atoms with Crippen molar-refractivity contribution < 1.29 is 0 Å². The summed E-state index contributed by atoms with van der Waals surface area (Å²) < 4.78 is 0. The van der Waals surface area contributed by atoms with Gasteiger partial charge in [0.15, 0.2) is 0 Å². The molecule has 4 heteroatoms. The summed E-state index contributed by atoms with van der Waals surface area (Å²) >= 11 is 0. The monoisotopic (exact) mass is 272 g/mol. The van der Waals surface area contributed by atoms with Crippen LogP contribution >= 0.6 is 0 Å². The Bertz CT molecular complexity index is 602. The fraction of sp³-hybridized carbons (Fsp3) is 0.562. The zero-order chi connectivity index (χ0) is 14.3. The first kappa shape index (κ1) is 13.4. The van der Waals surface area contributed by atoms with E-state index in [9.17, 15) is 0 Å². The van der Waals surface area contributed by atoms with Gasteiger partial charge in [-0.2, -0.15) is 0 Å². The summed E-state index contributed by atoms with van der Waals surface area (Å²) in [5.41, 5.74) is 3.56. The standard InChI is InChI=1S/C16H24N4/c1-10(2)13-8-18-14-5-6-15(19-16(13)14)20-9-11(3)17-7-12(20)4/h5-6,8,10-12,17-18H,7,9H2,1-4H3. The molecule has 2 unspecified atom stereocenters. The Morgan fingerprint density at radius 3 is 2.85 bits per heavy atom. The van der Waals surface area contributed by atoms with Gasteiger partial charge in [0.25, 0.3) is 0 Å². The first-order valence-corrected chi connectivity index (χ1v) is 7.54. The van der Waals surface area contributed by atoms with Crippen LogP contribution in [0.1, 0.15) is 39.2 Å². The second-order valence-electron chi connectivity index (χ2n) is 6.28. The zero-order valence-electron chi connectivity index (χ0n) is 12.8. The van der Waals surface area contributed by atoms with Crippen LogP contribution in [0.3, 0.4) is 0 Å². The quantitative estimate of drug-likeness (QED) is 0.883. The van der Waals surface area contributed by atoms with E-state index in [0.717, 1.165) is 29.9 Å². The Hall–Kier alpha value is -1.55. The summed E-state index contributed by atoms with van der Waals surface area (Å²) in [5, 5.41) is 3.52. The molecule has 0 aromatic carbocycles. The van der Waals surface area contributed by atoms with Gasteiger partial charge in [-0.25, -0.2) is 4.98 Å². The van der Waals surface area contributed by atoms with Gasteiger partial charge in [-0.15, -0.1) is 0 Å². The molecule has 20 heavy (non-hydrogen) atoms. The van der Waals surface area contributed by atoms with E-state index in [1.165, 1.54) is 5.56 Å². The highest BCUT2D eigenvalue weighted by molar-refractivity contribution is 5.81. The van der Waals surface area contributed by atoms with Crippen molar-refractivity contribution in [3.63, 3.8) is 0 Å². The fourth-order valence-electron chi connectivity index (χ4n) is 2.95. The molecule has 4 nitrogen and oxygen atoms in total. The second kappa shape index (κ2) is 5.09. The van der Waals surface area contributed by atoms with Crippen LogP contribution in [0.15, 0.2) is 18.3 Å². The average molecular weight is 272 g/mol. The largest absolute Gasteiger partial charge is 0.360 e. The first-order chi connectivity index (χ1) is 9.56. The molecule has 0 radical (unpaired) electrons. The van der Waals surface area contributed by atoms with Crippen LogP contribution < -0.4 is 10.2 Å². The van der Waals surface area contributed by atoms with Crippen LogP contribution in [0, 0.1) is 0 Å². The minimum atomic E-state index is 0.484. The third-order valence-corrected chi connectivity index (χ3v) is 4.22. The summed E-state index contributed by atoms with van der Waals surface area (Å²) in [6.07, 6.45) is 2.09. The van der Waals surface area contributed by atoms with Crippen molar-refractivity contribution in [3.8, 4) is 0 Å². The van der Waals surface area contributed by atoms with Gasteiger partial charge in [0.05, 0.1) is 11.0 Å². The molecule has 108 valence electrons. The van der Waals surface area contributed by atoms with E-state index in [1.54, 1.807) is 0 Å². The summed E-state index contributed by atoms with van der Waals surface area (Å²) in [6, 6.07) is 5.29. The highest BCUT2D eigenvalue weighted by Gasteiger charge is 2.24. The second-order valence-corrected chi connectivity index (χ2v) is 6.28. The number of nitrogens with one attached hydrogen (secondary N) is 2. The van der Waals surface area contributed by atoms with Crippen LogP contribution in [0.25, 0.3) is 11.0 Å². The van der Waals surface area contributed by atoms with Crippen molar-refractivity contribution in [2.75, 3.05) is 18.0 Å². The van der Waals surface area contributed by atoms with Crippen molar-refractivity contribution in [1.29, 1.82) is 0 Å². The Morgan fingerprint density at radius 2 is 2.10 bits per heavy atom. The van der Waals surface area contributed by atoms with E-state index in [0.29, 0.717) is 18.0 Å².